The first-order chi connectivity index (χ1) is 8.29. The van der Waals surface area contributed by atoms with Gasteiger partial charge >= 0.3 is 0 Å². The fourth-order valence-electron chi connectivity index (χ4n) is 1.80. The van der Waals surface area contributed by atoms with E-state index in [-0.39, 0.29) is 22.3 Å². The molecule has 100 valence electrons. The van der Waals surface area contributed by atoms with Crippen molar-refractivity contribution in [2.45, 2.75) is 43.9 Å². The van der Waals surface area contributed by atoms with Gasteiger partial charge in [0.1, 0.15) is 10.6 Å². The van der Waals surface area contributed by atoms with Crippen molar-refractivity contribution in [1.82, 2.24) is 4.72 Å². The average molecular weight is 270 g/mol. The van der Waals surface area contributed by atoms with Gasteiger partial charge in [-0.15, -0.1) is 4.72 Å². The number of hydrogen-bond acceptors (Lipinski definition) is 3. The van der Waals surface area contributed by atoms with Gasteiger partial charge in [-0.1, -0.05) is 6.07 Å². The van der Waals surface area contributed by atoms with Gasteiger partial charge in [0.2, 0.25) is 0 Å². The minimum Gasteiger partial charge on any atom is -0.598 e. The maximum Gasteiger partial charge on any atom is 0.146 e. The van der Waals surface area contributed by atoms with Crippen LogP contribution in [0.25, 0.3) is 0 Å². The number of rotatable bonds is 3. The number of benzene rings is 1. The zero-order valence-corrected chi connectivity index (χ0v) is 11.7. The normalized spacial score (nSPS) is 24.9. The molecule has 3 N–H and O–H groups in total. The maximum absolute atomic E-state index is 13.1. The van der Waals surface area contributed by atoms with E-state index in [2.05, 4.69) is 4.72 Å². The summed E-state index contributed by atoms with van der Waals surface area (Å²) < 4.78 is 27.8. The van der Waals surface area contributed by atoms with Gasteiger partial charge in [-0.3, -0.25) is 0 Å². The predicted molar refractivity (Wildman–Crippen MR) is 73.0 cm³/mol. The number of nitrogen functional groups attached to an aromatic ring is 1. The first-order valence-corrected chi connectivity index (χ1v) is 7.17. The molecule has 0 spiro atoms. The molecule has 1 fully saturated rings. The van der Waals surface area contributed by atoms with Crippen LogP contribution >= 0.6 is 0 Å². The highest BCUT2D eigenvalue weighted by Gasteiger charge is 2.43. The predicted octanol–water partition coefficient (Wildman–Crippen LogP) is 2.32. The third kappa shape index (κ3) is 2.96. The standard InChI is InChI=1S/C13H19FN2OS/c1-13(2,3)18(17)16-12-7-9(12)8-4-5-10(14)11(15)6-8/h4-6,9,12,16H,7,15H2,1-3H3. The van der Waals surface area contributed by atoms with Gasteiger partial charge in [0.15, 0.2) is 0 Å². The summed E-state index contributed by atoms with van der Waals surface area (Å²) in [7, 11) is 0. The molecule has 5 heteroatoms. The van der Waals surface area contributed by atoms with Crippen molar-refractivity contribution in [1.29, 1.82) is 0 Å². The van der Waals surface area contributed by atoms with Gasteiger partial charge in [0, 0.05) is 17.3 Å². The molecule has 1 aliphatic rings. The molecule has 18 heavy (non-hydrogen) atoms. The van der Waals surface area contributed by atoms with E-state index in [0.29, 0.717) is 5.92 Å². The fourth-order valence-corrected chi connectivity index (χ4v) is 2.69. The van der Waals surface area contributed by atoms with E-state index in [1.807, 2.05) is 20.8 Å². The Morgan fingerprint density at radius 2 is 2.11 bits per heavy atom. The highest BCUT2D eigenvalue weighted by atomic mass is 32.2. The van der Waals surface area contributed by atoms with E-state index in [9.17, 15) is 8.94 Å². The van der Waals surface area contributed by atoms with Crippen molar-refractivity contribution in [2.24, 2.45) is 0 Å². The molecule has 3 nitrogen and oxygen atoms in total. The minimum atomic E-state index is -1.06. The molecular formula is C13H19FN2OS. The van der Waals surface area contributed by atoms with Crippen LogP contribution in [0.2, 0.25) is 0 Å². The summed E-state index contributed by atoms with van der Waals surface area (Å²) in [5, 5.41) is 0. The average Bonchev–Trinajstić information content (AvgIpc) is 3.00. The Balaban J connectivity index is 1.97. The Bertz CT molecular complexity index is 447. The van der Waals surface area contributed by atoms with Crippen molar-refractivity contribution >= 4 is 17.0 Å². The number of anilines is 1. The lowest BCUT2D eigenvalue weighted by atomic mass is 10.1. The summed E-state index contributed by atoms with van der Waals surface area (Å²) >= 11 is -1.06. The molecule has 0 heterocycles. The lowest BCUT2D eigenvalue weighted by Crippen LogP contribution is -2.40. The summed E-state index contributed by atoms with van der Waals surface area (Å²) in [6, 6.07) is 5.01. The fraction of sp³-hybridized carbons (Fsp3) is 0.538. The SMILES string of the molecule is CC(C)(C)[S+]([O-])NC1CC1c1ccc(F)c(N)c1. The van der Waals surface area contributed by atoms with Crippen LogP contribution in [-0.2, 0) is 11.4 Å². The lowest BCUT2D eigenvalue weighted by molar-refractivity contribution is 0.542. The number of hydrogen-bond donors (Lipinski definition) is 2. The van der Waals surface area contributed by atoms with E-state index in [1.54, 1.807) is 12.1 Å². The molecule has 0 aliphatic heterocycles. The summed E-state index contributed by atoms with van der Waals surface area (Å²) in [5.41, 5.74) is 6.73. The van der Waals surface area contributed by atoms with E-state index in [1.165, 1.54) is 6.07 Å². The Labute approximate surface area is 110 Å². The van der Waals surface area contributed by atoms with E-state index in [4.69, 9.17) is 5.73 Å². The Morgan fingerprint density at radius 1 is 1.44 bits per heavy atom. The quantitative estimate of drug-likeness (QED) is 0.654. The molecule has 0 amide bonds. The van der Waals surface area contributed by atoms with Gasteiger partial charge in [-0.25, -0.2) is 4.39 Å². The van der Waals surface area contributed by atoms with Crippen molar-refractivity contribution in [3.05, 3.63) is 29.6 Å². The number of nitrogens with one attached hydrogen (secondary N) is 1. The first-order valence-electron chi connectivity index (χ1n) is 6.02. The second-order valence-electron chi connectivity index (χ2n) is 5.73. The molecule has 3 unspecified atom stereocenters. The summed E-state index contributed by atoms with van der Waals surface area (Å²) in [4.78, 5) is 0. The van der Waals surface area contributed by atoms with Crippen LogP contribution < -0.4 is 10.5 Å². The Hall–Kier alpha value is -0.780. The summed E-state index contributed by atoms with van der Waals surface area (Å²) in [6.07, 6.45) is 0.924. The van der Waals surface area contributed by atoms with Crippen molar-refractivity contribution in [2.75, 3.05) is 5.73 Å². The van der Waals surface area contributed by atoms with Crippen LogP contribution in [0.3, 0.4) is 0 Å². The molecular weight excluding hydrogens is 251 g/mol. The first kappa shape index (κ1) is 13.6. The van der Waals surface area contributed by atoms with Crippen LogP contribution in [-0.4, -0.2) is 15.3 Å². The van der Waals surface area contributed by atoms with Crippen LogP contribution in [0.4, 0.5) is 10.1 Å². The van der Waals surface area contributed by atoms with Gasteiger partial charge in [0.25, 0.3) is 0 Å². The highest BCUT2D eigenvalue weighted by molar-refractivity contribution is 7.90. The summed E-state index contributed by atoms with van der Waals surface area (Å²) in [5.74, 6) is -0.0959. The monoisotopic (exact) mass is 270 g/mol. The molecule has 1 aromatic carbocycles. The Kier molecular flexibility index (Phi) is 3.58. The van der Waals surface area contributed by atoms with E-state index in [0.717, 1.165) is 12.0 Å². The largest absolute Gasteiger partial charge is 0.598 e. The van der Waals surface area contributed by atoms with Gasteiger partial charge in [0.05, 0.1) is 11.7 Å². The van der Waals surface area contributed by atoms with Crippen LogP contribution in [0.15, 0.2) is 18.2 Å². The van der Waals surface area contributed by atoms with Crippen LogP contribution in [0.1, 0.15) is 38.7 Å². The molecule has 0 radical (unpaired) electrons. The summed E-state index contributed by atoms with van der Waals surface area (Å²) in [6.45, 7) is 5.80. The van der Waals surface area contributed by atoms with Gasteiger partial charge in [-0.05, 0) is 44.9 Å². The highest BCUT2D eigenvalue weighted by Crippen LogP contribution is 2.42. The smallest absolute Gasteiger partial charge is 0.146 e. The van der Waals surface area contributed by atoms with Crippen molar-refractivity contribution in [3.8, 4) is 0 Å². The molecule has 1 saturated carbocycles. The molecule has 1 aromatic rings. The van der Waals surface area contributed by atoms with Gasteiger partial charge < -0.3 is 10.3 Å². The maximum atomic E-state index is 13.1. The molecule has 3 atom stereocenters. The zero-order valence-electron chi connectivity index (χ0n) is 10.9. The second kappa shape index (κ2) is 4.72. The molecule has 0 saturated heterocycles. The molecule has 1 aliphatic carbocycles. The zero-order chi connectivity index (χ0) is 13.5. The van der Waals surface area contributed by atoms with Crippen LogP contribution in [0, 0.1) is 5.82 Å². The van der Waals surface area contributed by atoms with E-state index >= 15 is 0 Å². The van der Waals surface area contributed by atoms with Crippen molar-refractivity contribution in [3.63, 3.8) is 0 Å². The number of halogens is 1. The molecule has 2 rings (SSSR count). The minimum absolute atomic E-state index is 0.176. The lowest BCUT2D eigenvalue weighted by Gasteiger charge is -2.23. The third-order valence-corrected chi connectivity index (χ3v) is 4.68. The Morgan fingerprint density at radius 3 is 2.67 bits per heavy atom. The topological polar surface area (TPSA) is 61.1 Å². The molecule has 0 bridgehead atoms. The third-order valence-electron chi connectivity index (χ3n) is 3.05. The van der Waals surface area contributed by atoms with Crippen molar-refractivity contribution < 1.29 is 8.94 Å². The second-order valence-corrected chi connectivity index (χ2v) is 7.73. The molecule has 0 aromatic heterocycles. The van der Waals surface area contributed by atoms with Gasteiger partial charge in [-0.2, -0.15) is 0 Å². The van der Waals surface area contributed by atoms with Crippen LogP contribution in [0.5, 0.6) is 0 Å². The number of nitrogens with two attached hydrogens (primary N) is 1. The van der Waals surface area contributed by atoms with E-state index < -0.39 is 11.4 Å².